The highest BCUT2D eigenvalue weighted by molar-refractivity contribution is 5.73. The second kappa shape index (κ2) is 6.82. The van der Waals surface area contributed by atoms with Gasteiger partial charge in [0.15, 0.2) is 0 Å². The van der Waals surface area contributed by atoms with Crippen molar-refractivity contribution >= 4 is 6.03 Å². The van der Waals surface area contributed by atoms with Crippen molar-refractivity contribution in [2.24, 2.45) is 0 Å². The summed E-state index contributed by atoms with van der Waals surface area (Å²) in [5.74, 6) is 0. The van der Waals surface area contributed by atoms with Gasteiger partial charge in [-0.05, 0) is 26.2 Å². The number of carbonyl (C=O) groups excluding carboxylic acids is 1. The molecular weight excluding hydrogens is 247 g/mol. The van der Waals surface area contributed by atoms with Gasteiger partial charge in [-0.3, -0.25) is 0 Å². The first-order chi connectivity index (χ1) is 8.43. The van der Waals surface area contributed by atoms with Crippen molar-refractivity contribution < 1.29 is 18.0 Å². The van der Waals surface area contributed by atoms with Gasteiger partial charge in [-0.15, -0.1) is 0 Å². The summed E-state index contributed by atoms with van der Waals surface area (Å²) >= 11 is 0. The van der Waals surface area contributed by atoms with Gasteiger partial charge >= 0.3 is 12.2 Å². The van der Waals surface area contributed by atoms with Crippen LogP contribution in [0.25, 0.3) is 0 Å². The fourth-order valence-corrected chi connectivity index (χ4v) is 2.09. The summed E-state index contributed by atoms with van der Waals surface area (Å²) in [7, 11) is 0. The van der Waals surface area contributed by atoms with Crippen LogP contribution in [0.2, 0.25) is 0 Å². The number of rotatable bonds is 4. The Hall–Kier alpha value is -0.980. The quantitative estimate of drug-likeness (QED) is 0.727. The molecule has 1 aliphatic rings. The smallest absolute Gasteiger partial charge is 0.338 e. The lowest BCUT2D eigenvalue weighted by Crippen LogP contribution is -2.51. The van der Waals surface area contributed by atoms with E-state index in [1.54, 1.807) is 6.92 Å². The number of alkyl halides is 3. The van der Waals surface area contributed by atoms with Gasteiger partial charge in [0.2, 0.25) is 0 Å². The molecule has 1 aliphatic heterocycles. The van der Waals surface area contributed by atoms with E-state index in [0.717, 1.165) is 6.42 Å². The molecule has 1 rings (SSSR count). The lowest BCUT2D eigenvalue weighted by Gasteiger charge is -2.32. The van der Waals surface area contributed by atoms with Gasteiger partial charge in [-0.2, -0.15) is 13.2 Å². The number of hydrogen-bond acceptors (Lipinski definition) is 2. The van der Waals surface area contributed by atoms with E-state index in [-0.39, 0.29) is 18.5 Å². The number of amides is 2. The second-order valence-corrected chi connectivity index (χ2v) is 4.46. The maximum absolute atomic E-state index is 12.5. The van der Waals surface area contributed by atoms with Crippen LogP contribution in [0, 0.1) is 0 Å². The molecule has 1 fully saturated rings. The largest absolute Gasteiger partial charge is 0.403 e. The summed E-state index contributed by atoms with van der Waals surface area (Å²) in [6, 6.07) is -1.85. The molecular formula is C11H20F3N3O. The lowest BCUT2D eigenvalue weighted by atomic mass is 9.96. The summed E-state index contributed by atoms with van der Waals surface area (Å²) in [5, 5.41) is 7.78. The molecule has 0 bridgehead atoms. The zero-order valence-electron chi connectivity index (χ0n) is 10.4. The first kappa shape index (κ1) is 15.1. The van der Waals surface area contributed by atoms with Crippen molar-refractivity contribution in [3.05, 3.63) is 0 Å². The Morgan fingerprint density at radius 2 is 2.06 bits per heavy atom. The molecule has 3 N–H and O–H groups in total. The fourth-order valence-electron chi connectivity index (χ4n) is 2.09. The molecule has 0 aromatic carbocycles. The van der Waals surface area contributed by atoms with Crippen LogP contribution in [0.5, 0.6) is 0 Å². The topological polar surface area (TPSA) is 53.2 Å². The van der Waals surface area contributed by atoms with E-state index in [4.69, 9.17) is 0 Å². The summed E-state index contributed by atoms with van der Waals surface area (Å²) < 4.78 is 37.6. The van der Waals surface area contributed by atoms with E-state index >= 15 is 0 Å². The van der Waals surface area contributed by atoms with Crippen LogP contribution >= 0.6 is 0 Å². The highest BCUT2D eigenvalue weighted by Crippen LogP contribution is 2.28. The molecule has 2 unspecified atom stereocenters. The van der Waals surface area contributed by atoms with E-state index in [9.17, 15) is 18.0 Å². The minimum atomic E-state index is -4.17. The molecule has 0 aromatic rings. The summed E-state index contributed by atoms with van der Waals surface area (Å²) in [6.45, 7) is 2.72. The van der Waals surface area contributed by atoms with Gasteiger partial charge in [-0.25, -0.2) is 4.79 Å². The molecule has 0 radical (unpaired) electrons. The third-order valence-electron chi connectivity index (χ3n) is 2.99. The number of piperidine rings is 1. The average Bonchev–Trinajstić information content (AvgIpc) is 2.29. The van der Waals surface area contributed by atoms with E-state index in [2.05, 4.69) is 16.0 Å². The second-order valence-electron chi connectivity index (χ2n) is 4.46. The Morgan fingerprint density at radius 3 is 2.67 bits per heavy atom. The highest BCUT2D eigenvalue weighted by atomic mass is 19.4. The van der Waals surface area contributed by atoms with Crippen molar-refractivity contribution in [2.45, 2.75) is 50.9 Å². The van der Waals surface area contributed by atoms with Crippen LogP contribution in [-0.4, -0.2) is 37.4 Å². The van der Waals surface area contributed by atoms with Crippen molar-refractivity contribution in [2.75, 3.05) is 13.1 Å². The summed E-state index contributed by atoms with van der Waals surface area (Å²) in [5.41, 5.74) is 0. The molecule has 0 aliphatic carbocycles. The Labute approximate surface area is 105 Å². The summed E-state index contributed by atoms with van der Waals surface area (Å²) in [6.07, 6.45) is -2.22. The van der Waals surface area contributed by atoms with Crippen molar-refractivity contribution in [3.8, 4) is 0 Å². The van der Waals surface area contributed by atoms with E-state index in [1.807, 2.05) is 0 Å². The van der Waals surface area contributed by atoms with Gasteiger partial charge < -0.3 is 16.0 Å². The van der Waals surface area contributed by atoms with Gasteiger partial charge in [0.25, 0.3) is 0 Å². The molecule has 2 amide bonds. The van der Waals surface area contributed by atoms with Crippen molar-refractivity contribution in [3.63, 3.8) is 0 Å². The minimum Gasteiger partial charge on any atom is -0.338 e. The molecule has 2 atom stereocenters. The lowest BCUT2D eigenvalue weighted by molar-refractivity contribution is -0.163. The maximum atomic E-state index is 12.5. The Morgan fingerprint density at radius 1 is 1.33 bits per heavy atom. The number of urea groups is 1. The zero-order chi connectivity index (χ0) is 13.6. The molecule has 1 heterocycles. The zero-order valence-corrected chi connectivity index (χ0v) is 10.4. The van der Waals surface area contributed by atoms with Gasteiger partial charge in [0.1, 0.15) is 6.04 Å². The first-order valence-electron chi connectivity index (χ1n) is 6.28. The fraction of sp³-hybridized carbons (Fsp3) is 0.909. The standard InChI is InChI=1S/C11H20F3N3O/c1-2-15-10(18)16-7-6-8-4-3-5-9(17-8)11(12,13)14/h8-9,17H,2-7H2,1H3,(H2,15,16,18). The molecule has 0 spiro atoms. The van der Waals surface area contributed by atoms with Crippen LogP contribution in [0.4, 0.5) is 18.0 Å². The molecule has 18 heavy (non-hydrogen) atoms. The minimum absolute atomic E-state index is 0.143. The van der Waals surface area contributed by atoms with Gasteiger partial charge in [0.05, 0.1) is 0 Å². The Balaban J connectivity index is 2.24. The van der Waals surface area contributed by atoms with E-state index < -0.39 is 12.2 Å². The van der Waals surface area contributed by atoms with Crippen LogP contribution in [-0.2, 0) is 0 Å². The molecule has 0 aromatic heterocycles. The van der Waals surface area contributed by atoms with E-state index in [1.165, 1.54) is 0 Å². The number of carbonyl (C=O) groups is 1. The Kier molecular flexibility index (Phi) is 5.71. The average molecular weight is 267 g/mol. The highest BCUT2D eigenvalue weighted by Gasteiger charge is 2.41. The SMILES string of the molecule is CCNC(=O)NCCC1CCCC(C(F)(F)F)N1. The Bertz CT molecular complexity index is 271. The number of nitrogens with one attached hydrogen (secondary N) is 3. The predicted molar refractivity (Wildman–Crippen MR) is 62.3 cm³/mol. The monoisotopic (exact) mass is 267 g/mol. The normalized spacial score (nSPS) is 24.7. The van der Waals surface area contributed by atoms with Crippen molar-refractivity contribution in [1.29, 1.82) is 0 Å². The molecule has 0 saturated carbocycles. The molecule has 106 valence electrons. The van der Waals surface area contributed by atoms with Crippen molar-refractivity contribution in [1.82, 2.24) is 16.0 Å². The predicted octanol–water partition coefficient (Wildman–Crippen LogP) is 1.77. The van der Waals surface area contributed by atoms with Crippen LogP contribution in [0.15, 0.2) is 0 Å². The molecule has 1 saturated heterocycles. The number of halogens is 3. The third-order valence-corrected chi connectivity index (χ3v) is 2.99. The first-order valence-corrected chi connectivity index (χ1v) is 6.28. The third kappa shape index (κ3) is 5.12. The van der Waals surface area contributed by atoms with Crippen LogP contribution < -0.4 is 16.0 Å². The maximum Gasteiger partial charge on any atom is 0.403 e. The van der Waals surface area contributed by atoms with Gasteiger partial charge in [-0.1, -0.05) is 6.42 Å². The number of hydrogen-bond donors (Lipinski definition) is 3. The van der Waals surface area contributed by atoms with E-state index in [0.29, 0.717) is 25.9 Å². The molecule has 4 nitrogen and oxygen atoms in total. The van der Waals surface area contributed by atoms with Crippen LogP contribution in [0.1, 0.15) is 32.6 Å². The van der Waals surface area contributed by atoms with Crippen LogP contribution in [0.3, 0.4) is 0 Å². The van der Waals surface area contributed by atoms with Gasteiger partial charge in [0, 0.05) is 19.1 Å². The summed E-state index contributed by atoms with van der Waals surface area (Å²) in [4.78, 5) is 11.1. The molecule has 7 heteroatoms.